The fraction of sp³-hybridized carbons (Fsp3) is 0.348. The number of nitrogens with one attached hydrogen (secondary N) is 2. The first kappa shape index (κ1) is 25.6. The van der Waals surface area contributed by atoms with Crippen molar-refractivity contribution >= 4 is 54.0 Å². The van der Waals surface area contributed by atoms with E-state index in [-0.39, 0.29) is 24.8 Å². The van der Waals surface area contributed by atoms with Crippen molar-refractivity contribution in [3.8, 4) is 0 Å². The van der Waals surface area contributed by atoms with Gasteiger partial charge < -0.3 is 20.3 Å². The van der Waals surface area contributed by atoms with Gasteiger partial charge in [-0.25, -0.2) is 0 Å². The minimum Gasteiger partial charge on any atom is -0.378 e. The fourth-order valence-electron chi connectivity index (χ4n) is 3.53. The number of anilines is 5. The molecule has 7 nitrogen and oxygen atoms in total. The quantitative estimate of drug-likeness (QED) is 0.518. The smallest absolute Gasteiger partial charge is 0.233 e. The van der Waals surface area contributed by atoms with Crippen LogP contribution in [0.25, 0.3) is 0 Å². The van der Waals surface area contributed by atoms with E-state index in [1.807, 2.05) is 0 Å². The molecule has 32 heavy (non-hydrogen) atoms. The third-order valence-corrected chi connectivity index (χ3v) is 5.17. The second kappa shape index (κ2) is 11.3. The molecule has 172 valence electrons. The molecule has 0 radical (unpaired) electrons. The van der Waals surface area contributed by atoms with Crippen molar-refractivity contribution in [3.63, 3.8) is 0 Å². The Hall–Kier alpha value is -2.61. The lowest BCUT2D eigenvalue weighted by molar-refractivity contribution is 0.122. The van der Waals surface area contributed by atoms with Gasteiger partial charge in [0.1, 0.15) is 0 Å². The molecule has 0 unspecified atom stereocenters. The monoisotopic (exact) mass is 476 g/mol. The highest BCUT2D eigenvalue weighted by Gasteiger charge is 2.17. The topological polar surface area (TPSA) is 75.2 Å². The third-order valence-electron chi connectivity index (χ3n) is 5.17. The van der Waals surface area contributed by atoms with Gasteiger partial charge in [0.15, 0.2) is 0 Å². The summed E-state index contributed by atoms with van der Waals surface area (Å²) in [5.41, 5.74) is 6.70. The largest absolute Gasteiger partial charge is 0.378 e. The minimum atomic E-state index is 0. The van der Waals surface area contributed by atoms with Crippen LogP contribution in [-0.2, 0) is 4.74 Å². The molecule has 3 aromatic rings. The summed E-state index contributed by atoms with van der Waals surface area (Å²) in [4.78, 5) is 16.2. The van der Waals surface area contributed by atoms with Crippen LogP contribution in [0.4, 0.5) is 29.2 Å². The van der Waals surface area contributed by atoms with E-state index in [0.717, 1.165) is 35.6 Å². The van der Waals surface area contributed by atoms with Gasteiger partial charge in [-0.2, -0.15) is 15.0 Å². The van der Waals surface area contributed by atoms with Gasteiger partial charge in [0, 0.05) is 24.5 Å². The second-order valence-electron chi connectivity index (χ2n) is 7.77. The minimum absolute atomic E-state index is 0. The highest BCUT2D eigenvalue weighted by atomic mass is 35.5. The van der Waals surface area contributed by atoms with Crippen LogP contribution in [0.15, 0.2) is 36.4 Å². The summed E-state index contributed by atoms with van der Waals surface area (Å²) < 4.78 is 5.48. The van der Waals surface area contributed by atoms with Crippen molar-refractivity contribution < 1.29 is 4.74 Å². The van der Waals surface area contributed by atoms with Gasteiger partial charge in [-0.05, 0) is 51.0 Å². The van der Waals surface area contributed by atoms with Crippen LogP contribution in [0.5, 0.6) is 0 Å². The molecule has 9 heteroatoms. The molecule has 0 bridgehead atoms. The fourth-order valence-corrected chi connectivity index (χ4v) is 3.53. The van der Waals surface area contributed by atoms with Gasteiger partial charge >= 0.3 is 0 Å². The molecule has 1 aliphatic heterocycles. The van der Waals surface area contributed by atoms with Gasteiger partial charge in [0.2, 0.25) is 17.8 Å². The summed E-state index contributed by atoms with van der Waals surface area (Å²) in [6.07, 6.45) is 0. The van der Waals surface area contributed by atoms with Crippen LogP contribution in [0.2, 0.25) is 0 Å². The summed E-state index contributed by atoms with van der Waals surface area (Å²) in [5.74, 6) is 1.68. The molecule has 2 N–H and O–H groups in total. The molecule has 0 aliphatic carbocycles. The Morgan fingerprint density at radius 2 is 1.19 bits per heavy atom. The average molecular weight is 477 g/mol. The van der Waals surface area contributed by atoms with E-state index in [9.17, 15) is 0 Å². The number of aromatic nitrogens is 3. The Morgan fingerprint density at radius 1 is 0.719 bits per heavy atom. The predicted octanol–water partition coefficient (Wildman–Crippen LogP) is 5.27. The molecule has 1 fully saturated rings. The van der Waals surface area contributed by atoms with Crippen LogP contribution in [0, 0.1) is 27.7 Å². The number of morpholine rings is 1. The van der Waals surface area contributed by atoms with Crippen molar-refractivity contribution in [2.75, 3.05) is 41.8 Å². The lowest BCUT2D eigenvalue weighted by atomic mass is 10.1. The van der Waals surface area contributed by atoms with E-state index >= 15 is 0 Å². The molecule has 1 aromatic heterocycles. The molecule has 2 heterocycles. The Kier molecular flexibility index (Phi) is 9.07. The average Bonchev–Trinajstić information content (AvgIpc) is 2.73. The molecule has 4 rings (SSSR count). The first-order valence-electron chi connectivity index (χ1n) is 10.3. The van der Waals surface area contributed by atoms with E-state index in [4.69, 9.17) is 14.7 Å². The number of rotatable bonds is 5. The Labute approximate surface area is 201 Å². The number of nitrogens with zero attached hydrogens (tertiary/aromatic N) is 4. The maximum absolute atomic E-state index is 5.48. The normalized spacial score (nSPS) is 13.1. The van der Waals surface area contributed by atoms with E-state index in [0.29, 0.717) is 31.1 Å². The Morgan fingerprint density at radius 3 is 1.62 bits per heavy atom. The number of aryl methyl sites for hydroxylation is 4. The lowest BCUT2D eigenvalue weighted by Crippen LogP contribution is -2.37. The molecule has 0 saturated carbocycles. The van der Waals surface area contributed by atoms with E-state index in [1.165, 1.54) is 11.1 Å². The zero-order valence-electron chi connectivity index (χ0n) is 18.8. The summed E-state index contributed by atoms with van der Waals surface area (Å²) in [5, 5.41) is 6.74. The molecule has 2 aromatic carbocycles. The van der Waals surface area contributed by atoms with Crippen LogP contribution in [0.3, 0.4) is 0 Å². The van der Waals surface area contributed by atoms with Crippen molar-refractivity contribution in [3.05, 3.63) is 58.7 Å². The second-order valence-corrected chi connectivity index (χ2v) is 7.77. The third kappa shape index (κ3) is 6.22. The van der Waals surface area contributed by atoms with Gasteiger partial charge in [0.05, 0.1) is 13.2 Å². The van der Waals surface area contributed by atoms with Gasteiger partial charge in [-0.3, -0.25) is 0 Å². The van der Waals surface area contributed by atoms with Crippen LogP contribution >= 0.6 is 24.8 Å². The van der Waals surface area contributed by atoms with E-state index in [2.05, 4.69) is 84.6 Å². The molecular formula is C23H30Cl2N6O. The predicted molar refractivity (Wildman–Crippen MR) is 136 cm³/mol. The first-order valence-corrected chi connectivity index (χ1v) is 10.3. The molecule has 0 spiro atoms. The number of benzene rings is 2. The molecule has 1 saturated heterocycles. The summed E-state index contributed by atoms with van der Waals surface area (Å²) >= 11 is 0. The van der Waals surface area contributed by atoms with Gasteiger partial charge in [-0.15, -0.1) is 24.8 Å². The van der Waals surface area contributed by atoms with E-state index < -0.39 is 0 Å². The van der Waals surface area contributed by atoms with Crippen LogP contribution < -0.4 is 15.5 Å². The molecule has 0 amide bonds. The zero-order chi connectivity index (χ0) is 21.1. The summed E-state index contributed by atoms with van der Waals surface area (Å²) in [7, 11) is 0. The molecule has 0 atom stereocenters. The lowest BCUT2D eigenvalue weighted by Gasteiger charge is -2.27. The molecule has 1 aliphatic rings. The van der Waals surface area contributed by atoms with Crippen molar-refractivity contribution in [1.82, 2.24) is 15.0 Å². The number of ether oxygens (including phenoxy) is 1. The van der Waals surface area contributed by atoms with Crippen LogP contribution in [-0.4, -0.2) is 41.3 Å². The van der Waals surface area contributed by atoms with Gasteiger partial charge in [-0.1, -0.05) is 35.4 Å². The highest BCUT2D eigenvalue weighted by molar-refractivity contribution is 5.85. The SMILES string of the molecule is Cc1ccc(Nc2nc(Nc3ccc(C)cc3C)nc(N3CCOCC3)n2)c(C)c1.Cl.Cl. The van der Waals surface area contributed by atoms with Gasteiger partial charge in [0.25, 0.3) is 0 Å². The number of hydrogen-bond acceptors (Lipinski definition) is 7. The maximum Gasteiger partial charge on any atom is 0.233 e. The number of halogens is 2. The summed E-state index contributed by atoms with van der Waals surface area (Å²) in [6, 6.07) is 12.5. The highest BCUT2D eigenvalue weighted by Crippen LogP contribution is 2.24. The number of hydrogen-bond donors (Lipinski definition) is 2. The van der Waals surface area contributed by atoms with Crippen molar-refractivity contribution in [2.45, 2.75) is 27.7 Å². The first-order chi connectivity index (χ1) is 14.5. The Bertz CT molecular complexity index is 985. The van der Waals surface area contributed by atoms with Crippen LogP contribution in [0.1, 0.15) is 22.3 Å². The maximum atomic E-state index is 5.48. The zero-order valence-corrected chi connectivity index (χ0v) is 20.4. The van der Waals surface area contributed by atoms with Crippen molar-refractivity contribution in [2.24, 2.45) is 0 Å². The molecular weight excluding hydrogens is 447 g/mol. The summed E-state index contributed by atoms with van der Waals surface area (Å²) in [6.45, 7) is 11.2. The standard InChI is InChI=1S/C23H28N6O.2ClH/c1-15-5-7-19(17(3)13-15)24-21-26-22(25-20-8-6-16(2)14-18(20)4)28-23(27-21)29-9-11-30-12-10-29;;/h5-8,13-14H,9-12H2,1-4H3,(H2,24,25,26,27,28);2*1H. The van der Waals surface area contributed by atoms with Crippen molar-refractivity contribution in [1.29, 1.82) is 0 Å². The Balaban J connectivity index is 0.00000181. The van der Waals surface area contributed by atoms with E-state index in [1.54, 1.807) is 0 Å².